The molecule has 2 aromatic heterocycles. The van der Waals surface area contributed by atoms with E-state index in [2.05, 4.69) is 22.6 Å². The van der Waals surface area contributed by atoms with Gasteiger partial charge in [0.1, 0.15) is 11.4 Å². The summed E-state index contributed by atoms with van der Waals surface area (Å²) in [6, 6.07) is 4.15. The maximum Gasteiger partial charge on any atom is 0.139 e. The van der Waals surface area contributed by atoms with Crippen LogP contribution in [0.3, 0.4) is 0 Å². The molecule has 0 saturated carbocycles. The Bertz CT molecular complexity index is 573. The molecule has 4 heteroatoms. The molecule has 0 bridgehead atoms. The van der Waals surface area contributed by atoms with Crippen molar-refractivity contribution in [1.82, 2.24) is 14.9 Å². The number of nitrogens with zero attached hydrogens (tertiary/aromatic N) is 2. The summed E-state index contributed by atoms with van der Waals surface area (Å²) >= 11 is 0. The molecule has 3 rings (SSSR count). The molecule has 2 aromatic rings. The van der Waals surface area contributed by atoms with Crippen LogP contribution in [0.1, 0.15) is 24.4 Å². The molecule has 1 aliphatic heterocycles. The van der Waals surface area contributed by atoms with Crippen LogP contribution in [0, 0.1) is 0 Å². The second-order valence-electron chi connectivity index (χ2n) is 4.57. The Morgan fingerprint density at radius 1 is 1.53 bits per heavy atom. The maximum atomic E-state index is 11.5. The van der Waals surface area contributed by atoms with Gasteiger partial charge in [-0.3, -0.25) is 4.79 Å². The Balaban J connectivity index is 2.08. The number of aromatic nitrogens is 2. The number of carbonyl (C=O) groups excluding carboxylic acids is 1. The fraction of sp³-hybridized carbons (Fsp3) is 0.385. The highest BCUT2D eigenvalue weighted by atomic mass is 16.1. The van der Waals surface area contributed by atoms with E-state index in [4.69, 9.17) is 0 Å². The highest BCUT2D eigenvalue weighted by Crippen LogP contribution is 2.28. The molecule has 0 amide bonds. The van der Waals surface area contributed by atoms with Gasteiger partial charge in [0.25, 0.3) is 0 Å². The van der Waals surface area contributed by atoms with Gasteiger partial charge in [0.15, 0.2) is 0 Å². The molecule has 4 nitrogen and oxygen atoms in total. The van der Waals surface area contributed by atoms with Crippen molar-refractivity contribution >= 4 is 16.8 Å². The van der Waals surface area contributed by atoms with Crippen LogP contribution in [-0.4, -0.2) is 21.9 Å². The van der Waals surface area contributed by atoms with E-state index in [9.17, 15) is 4.79 Å². The standard InChI is InChI=1S/C13H15N3O/c1-16-8-11(10-3-2-5-15-13(10)16)12-7-9(17)4-6-14-12/h2-3,5,8,12,14H,4,6-7H2,1H3. The summed E-state index contributed by atoms with van der Waals surface area (Å²) in [6.07, 6.45) is 5.12. The summed E-state index contributed by atoms with van der Waals surface area (Å²) < 4.78 is 2.02. The minimum absolute atomic E-state index is 0.143. The number of carbonyl (C=O) groups is 1. The summed E-state index contributed by atoms with van der Waals surface area (Å²) in [5.41, 5.74) is 2.16. The van der Waals surface area contributed by atoms with Gasteiger partial charge in [-0.25, -0.2) is 4.98 Å². The number of fused-ring (bicyclic) bond motifs is 1. The van der Waals surface area contributed by atoms with Crippen molar-refractivity contribution < 1.29 is 4.79 Å². The number of pyridine rings is 1. The van der Waals surface area contributed by atoms with Gasteiger partial charge < -0.3 is 9.88 Å². The zero-order chi connectivity index (χ0) is 11.8. The lowest BCUT2D eigenvalue weighted by Gasteiger charge is -2.22. The Labute approximate surface area is 99.6 Å². The van der Waals surface area contributed by atoms with E-state index in [1.54, 1.807) is 6.20 Å². The minimum Gasteiger partial charge on any atom is -0.335 e. The summed E-state index contributed by atoms with van der Waals surface area (Å²) in [5.74, 6) is 0.342. The number of nitrogens with one attached hydrogen (secondary N) is 1. The van der Waals surface area contributed by atoms with Crippen molar-refractivity contribution in [3.05, 3.63) is 30.1 Å². The maximum absolute atomic E-state index is 11.5. The molecule has 0 radical (unpaired) electrons. The highest BCUT2D eigenvalue weighted by Gasteiger charge is 2.23. The topological polar surface area (TPSA) is 46.9 Å². The van der Waals surface area contributed by atoms with Crippen LogP contribution in [0.2, 0.25) is 0 Å². The monoisotopic (exact) mass is 229 g/mol. The molecule has 17 heavy (non-hydrogen) atoms. The van der Waals surface area contributed by atoms with E-state index in [0.29, 0.717) is 18.6 Å². The summed E-state index contributed by atoms with van der Waals surface area (Å²) in [7, 11) is 1.99. The third kappa shape index (κ3) is 1.74. The van der Waals surface area contributed by atoms with Crippen molar-refractivity contribution in [3.8, 4) is 0 Å². The molecule has 3 heterocycles. The van der Waals surface area contributed by atoms with Gasteiger partial charge in [-0.2, -0.15) is 0 Å². The molecule has 1 N–H and O–H groups in total. The Kier molecular flexibility index (Phi) is 2.44. The molecule has 0 spiro atoms. The molecule has 88 valence electrons. The van der Waals surface area contributed by atoms with Crippen LogP contribution in [0.4, 0.5) is 0 Å². The fourth-order valence-electron chi connectivity index (χ4n) is 2.53. The second-order valence-corrected chi connectivity index (χ2v) is 4.57. The average molecular weight is 229 g/mol. The average Bonchev–Trinajstić information content (AvgIpc) is 2.68. The van der Waals surface area contributed by atoms with Crippen LogP contribution in [0.15, 0.2) is 24.5 Å². The van der Waals surface area contributed by atoms with Crippen LogP contribution in [0.25, 0.3) is 11.0 Å². The predicted molar refractivity (Wildman–Crippen MR) is 65.7 cm³/mol. The smallest absolute Gasteiger partial charge is 0.139 e. The van der Waals surface area contributed by atoms with Crippen LogP contribution in [0.5, 0.6) is 0 Å². The third-order valence-corrected chi connectivity index (χ3v) is 3.37. The van der Waals surface area contributed by atoms with E-state index in [1.165, 1.54) is 5.56 Å². The predicted octanol–water partition coefficient (Wildman–Crippen LogP) is 1.57. The Morgan fingerprint density at radius 2 is 2.41 bits per heavy atom. The lowest BCUT2D eigenvalue weighted by Crippen LogP contribution is -2.31. The molecular formula is C13H15N3O. The molecule has 1 aliphatic rings. The Hall–Kier alpha value is -1.68. The number of aryl methyl sites for hydroxylation is 1. The first-order chi connectivity index (χ1) is 8.25. The van der Waals surface area contributed by atoms with Gasteiger partial charge in [-0.15, -0.1) is 0 Å². The fourth-order valence-corrected chi connectivity index (χ4v) is 2.53. The van der Waals surface area contributed by atoms with Gasteiger partial charge in [0, 0.05) is 50.3 Å². The summed E-state index contributed by atoms with van der Waals surface area (Å²) in [4.78, 5) is 15.9. The zero-order valence-electron chi connectivity index (χ0n) is 9.81. The van der Waals surface area contributed by atoms with Crippen molar-refractivity contribution in [2.45, 2.75) is 18.9 Å². The van der Waals surface area contributed by atoms with Crippen molar-refractivity contribution in [2.24, 2.45) is 7.05 Å². The van der Waals surface area contributed by atoms with E-state index in [-0.39, 0.29) is 6.04 Å². The number of piperidine rings is 1. The molecular weight excluding hydrogens is 214 g/mol. The molecule has 1 saturated heterocycles. The minimum atomic E-state index is 0.143. The van der Waals surface area contributed by atoms with Crippen molar-refractivity contribution in [3.63, 3.8) is 0 Å². The van der Waals surface area contributed by atoms with E-state index in [0.717, 1.165) is 17.6 Å². The van der Waals surface area contributed by atoms with Crippen LogP contribution < -0.4 is 5.32 Å². The summed E-state index contributed by atoms with van der Waals surface area (Å²) in [5, 5.41) is 4.55. The molecule has 1 unspecified atom stereocenters. The largest absolute Gasteiger partial charge is 0.335 e. The van der Waals surface area contributed by atoms with Crippen molar-refractivity contribution in [1.29, 1.82) is 0 Å². The number of rotatable bonds is 1. The van der Waals surface area contributed by atoms with Gasteiger partial charge in [0.05, 0.1) is 0 Å². The second kappa shape index (κ2) is 3.96. The first kappa shape index (κ1) is 10.5. The molecule has 1 atom stereocenters. The van der Waals surface area contributed by atoms with Gasteiger partial charge in [-0.05, 0) is 17.7 Å². The van der Waals surface area contributed by atoms with Crippen molar-refractivity contribution in [2.75, 3.05) is 6.54 Å². The number of hydrogen-bond acceptors (Lipinski definition) is 3. The van der Waals surface area contributed by atoms with Crippen LogP contribution >= 0.6 is 0 Å². The number of hydrogen-bond donors (Lipinski definition) is 1. The van der Waals surface area contributed by atoms with E-state index < -0.39 is 0 Å². The number of ketones is 1. The normalized spacial score (nSPS) is 21.0. The lowest BCUT2D eigenvalue weighted by molar-refractivity contribution is -0.120. The number of Topliss-reactive ketones (excluding diaryl/α,β-unsaturated/α-hetero) is 1. The molecule has 1 fully saturated rings. The highest BCUT2D eigenvalue weighted by molar-refractivity contribution is 5.84. The van der Waals surface area contributed by atoms with E-state index in [1.807, 2.05) is 17.7 Å². The first-order valence-electron chi connectivity index (χ1n) is 5.91. The molecule has 0 aromatic carbocycles. The van der Waals surface area contributed by atoms with Crippen LogP contribution in [-0.2, 0) is 11.8 Å². The third-order valence-electron chi connectivity index (χ3n) is 3.37. The quantitative estimate of drug-likeness (QED) is 0.807. The van der Waals surface area contributed by atoms with Gasteiger partial charge in [0.2, 0.25) is 0 Å². The Morgan fingerprint density at radius 3 is 3.24 bits per heavy atom. The first-order valence-corrected chi connectivity index (χ1v) is 5.91. The summed E-state index contributed by atoms with van der Waals surface area (Å²) in [6.45, 7) is 0.778. The van der Waals surface area contributed by atoms with Gasteiger partial charge >= 0.3 is 0 Å². The van der Waals surface area contributed by atoms with Gasteiger partial charge in [-0.1, -0.05) is 0 Å². The zero-order valence-corrected chi connectivity index (χ0v) is 9.81. The van der Waals surface area contributed by atoms with E-state index >= 15 is 0 Å². The molecule has 0 aliphatic carbocycles. The SMILES string of the molecule is Cn1cc(C2CC(=O)CCN2)c2cccnc21. The lowest BCUT2D eigenvalue weighted by atomic mass is 9.97.